The van der Waals surface area contributed by atoms with Gasteiger partial charge >= 0.3 is 0 Å². The molecule has 1 atom stereocenters. The predicted molar refractivity (Wildman–Crippen MR) is 135 cm³/mol. The van der Waals surface area contributed by atoms with E-state index in [1.165, 1.54) is 0 Å². The van der Waals surface area contributed by atoms with Crippen LogP contribution in [0.25, 0.3) is 11.3 Å². The number of hydrogen-bond acceptors (Lipinski definition) is 6. The first-order valence-corrected chi connectivity index (χ1v) is 11.6. The number of phenols is 1. The molecule has 1 aliphatic heterocycles. The van der Waals surface area contributed by atoms with Crippen molar-refractivity contribution in [3.63, 3.8) is 0 Å². The van der Waals surface area contributed by atoms with Crippen LogP contribution >= 0.6 is 0 Å². The van der Waals surface area contributed by atoms with Gasteiger partial charge in [-0.15, -0.1) is 0 Å². The average molecular weight is 486 g/mol. The van der Waals surface area contributed by atoms with Gasteiger partial charge in [0.2, 0.25) is 0 Å². The molecule has 8 nitrogen and oxygen atoms in total. The van der Waals surface area contributed by atoms with Crippen LogP contribution in [0.1, 0.15) is 33.2 Å². The molecule has 0 unspecified atom stereocenters. The molecule has 0 saturated heterocycles. The Hall–Kier alpha value is -4.46. The summed E-state index contributed by atoms with van der Waals surface area (Å²) in [5, 5.41) is 17.9. The number of aromatic amines is 1. The quantitative estimate of drug-likeness (QED) is 0.379. The van der Waals surface area contributed by atoms with Crippen molar-refractivity contribution < 1.29 is 24.1 Å². The maximum absolute atomic E-state index is 13.6. The fourth-order valence-electron chi connectivity index (χ4n) is 4.72. The fraction of sp³-hybridized carbons (Fsp3) is 0.214. The third-order valence-corrected chi connectivity index (χ3v) is 6.55. The molecule has 2 heterocycles. The largest absolute Gasteiger partial charge is 0.507 e. The molecule has 0 aliphatic carbocycles. The lowest BCUT2D eigenvalue weighted by molar-refractivity contribution is 0.0745. The van der Waals surface area contributed by atoms with Crippen LogP contribution in [0.4, 0.5) is 0 Å². The highest BCUT2D eigenvalue weighted by atomic mass is 16.5. The molecule has 3 aromatic carbocycles. The molecule has 0 fully saturated rings. The number of methoxy groups -OCH3 is 3. The van der Waals surface area contributed by atoms with Crippen LogP contribution in [0, 0.1) is 0 Å². The van der Waals surface area contributed by atoms with Crippen molar-refractivity contribution in [2.24, 2.45) is 0 Å². The average Bonchev–Trinajstić information content (AvgIpc) is 3.46. The highest BCUT2D eigenvalue weighted by Gasteiger charge is 2.42. The van der Waals surface area contributed by atoms with Crippen LogP contribution in [0.2, 0.25) is 0 Å². The van der Waals surface area contributed by atoms with Gasteiger partial charge in [0.15, 0.2) is 11.5 Å². The van der Waals surface area contributed by atoms with Crippen LogP contribution in [0.5, 0.6) is 23.0 Å². The lowest BCUT2D eigenvalue weighted by Gasteiger charge is -2.27. The Balaban J connectivity index is 1.58. The SMILES string of the molecule is COc1ccc(CCN2C(=O)c3[nH]nc(-c4ccccc4O)c3[C@@H]2c2ccc(OC)c(OC)c2)cc1. The fourth-order valence-corrected chi connectivity index (χ4v) is 4.72. The molecule has 1 aliphatic rings. The summed E-state index contributed by atoms with van der Waals surface area (Å²) in [7, 11) is 4.80. The zero-order valence-electron chi connectivity index (χ0n) is 20.3. The number of H-pyrrole nitrogens is 1. The number of carbonyl (C=O) groups is 1. The van der Waals surface area contributed by atoms with Gasteiger partial charge in [0.1, 0.15) is 22.9 Å². The third-order valence-electron chi connectivity index (χ3n) is 6.55. The van der Waals surface area contributed by atoms with Crippen molar-refractivity contribution in [1.82, 2.24) is 15.1 Å². The lowest BCUT2D eigenvalue weighted by Crippen LogP contribution is -2.31. The zero-order chi connectivity index (χ0) is 25.2. The number of hydrogen-bond donors (Lipinski definition) is 2. The second kappa shape index (κ2) is 9.65. The molecule has 0 radical (unpaired) electrons. The minimum Gasteiger partial charge on any atom is -0.507 e. The Labute approximate surface area is 209 Å². The lowest BCUT2D eigenvalue weighted by atomic mass is 9.95. The number of aromatic nitrogens is 2. The van der Waals surface area contributed by atoms with Crippen molar-refractivity contribution in [3.8, 4) is 34.3 Å². The summed E-state index contributed by atoms with van der Waals surface area (Å²) >= 11 is 0. The summed E-state index contributed by atoms with van der Waals surface area (Å²) in [5.41, 5.74) is 4.19. The standard InChI is InChI=1S/C28H27N3O5/c1-34-19-11-8-17(9-12-19)14-15-31-27(18-10-13-22(35-2)23(16-18)36-3)24-25(29-30-26(24)28(31)33)20-6-4-5-7-21(20)32/h4-13,16,27,32H,14-15H2,1-3H3,(H,29,30)/t27-/m0/s1. The minimum atomic E-state index is -0.432. The summed E-state index contributed by atoms with van der Waals surface area (Å²) in [4.78, 5) is 15.5. The van der Waals surface area contributed by atoms with Gasteiger partial charge < -0.3 is 24.2 Å². The number of carbonyl (C=O) groups excluding carboxylic acids is 1. The maximum atomic E-state index is 13.6. The summed E-state index contributed by atoms with van der Waals surface area (Å²) in [6, 6.07) is 20.0. The summed E-state index contributed by atoms with van der Waals surface area (Å²) in [5.74, 6) is 1.91. The zero-order valence-corrected chi connectivity index (χ0v) is 20.3. The first kappa shape index (κ1) is 23.3. The van der Waals surface area contributed by atoms with E-state index in [1.54, 1.807) is 39.5 Å². The van der Waals surface area contributed by atoms with Crippen LogP contribution in [-0.2, 0) is 6.42 Å². The third kappa shape index (κ3) is 4.00. The molecule has 1 aromatic heterocycles. The summed E-state index contributed by atoms with van der Waals surface area (Å²) < 4.78 is 16.2. The molecular formula is C28H27N3O5. The van der Waals surface area contributed by atoms with E-state index in [0.29, 0.717) is 41.4 Å². The molecule has 2 N–H and O–H groups in total. The van der Waals surface area contributed by atoms with Gasteiger partial charge in [-0.1, -0.05) is 30.3 Å². The second-order valence-electron chi connectivity index (χ2n) is 8.49. The number of phenolic OH excluding ortho intramolecular Hbond substituents is 1. The van der Waals surface area contributed by atoms with Gasteiger partial charge in [-0.2, -0.15) is 5.10 Å². The van der Waals surface area contributed by atoms with E-state index in [0.717, 1.165) is 22.4 Å². The molecule has 1 amide bonds. The minimum absolute atomic E-state index is 0.0991. The van der Waals surface area contributed by atoms with Gasteiger partial charge in [-0.3, -0.25) is 9.89 Å². The van der Waals surface area contributed by atoms with Crippen molar-refractivity contribution in [2.45, 2.75) is 12.5 Å². The number of nitrogens with zero attached hydrogens (tertiary/aromatic N) is 2. The Morgan fingerprint density at radius 3 is 2.39 bits per heavy atom. The number of ether oxygens (including phenoxy) is 3. The van der Waals surface area contributed by atoms with E-state index in [1.807, 2.05) is 53.4 Å². The number of rotatable bonds is 8. The Morgan fingerprint density at radius 1 is 0.944 bits per heavy atom. The van der Waals surface area contributed by atoms with Crippen molar-refractivity contribution in [3.05, 3.63) is 89.1 Å². The normalized spacial score (nSPS) is 14.6. The molecule has 8 heteroatoms. The molecule has 184 valence electrons. The number of amides is 1. The number of fused-ring (bicyclic) bond motifs is 1. The van der Waals surface area contributed by atoms with Gasteiger partial charge in [0, 0.05) is 17.7 Å². The Morgan fingerprint density at radius 2 is 1.69 bits per heavy atom. The van der Waals surface area contributed by atoms with E-state index in [-0.39, 0.29) is 11.7 Å². The topological polar surface area (TPSA) is 96.9 Å². The summed E-state index contributed by atoms with van der Waals surface area (Å²) in [6.07, 6.45) is 0.656. The highest BCUT2D eigenvalue weighted by Crippen LogP contribution is 2.45. The van der Waals surface area contributed by atoms with Crippen LogP contribution < -0.4 is 14.2 Å². The smallest absolute Gasteiger partial charge is 0.273 e. The first-order valence-electron chi connectivity index (χ1n) is 11.6. The molecule has 0 bridgehead atoms. The number of para-hydroxylation sites is 1. The van der Waals surface area contributed by atoms with Crippen molar-refractivity contribution in [1.29, 1.82) is 0 Å². The monoisotopic (exact) mass is 485 g/mol. The van der Waals surface area contributed by atoms with Crippen molar-refractivity contribution in [2.75, 3.05) is 27.9 Å². The van der Waals surface area contributed by atoms with Gasteiger partial charge in [-0.05, 0) is 53.9 Å². The number of aromatic hydroxyl groups is 1. The van der Waals surface area contributed by atoms with Crippen LogP contribution in [0.3, 0.4) is 0 Å². The van der Waals surface area contributed by atoms with E-state index in [2.05, 4.69) is 10.2 Å². The van der Waals surface area contributed by atoms with E-state index in [4.69, 9.17) is 14.2 Å². The van der Waals surface area contributed by atoms with Crippen LogP contribution in [0.15, 0.2) is 66.7 Å². The molecule has 5 rings (SSSR count). The first-order chi connectivity index (χ1) is 17.5. The molecule has 0 saturated carbocycles. The van der Waals surface area contributed by atoms with Gasteiger partial charge in [0.05, 0.1) is 27.4 Å². The molecule has 36 heavy (non-hydrogen) atoms. The highest BCUT2D eigenvalue weighted by molar-refractivity contribution is 6.00. The van der Waals surface area contributed by atoms with E-state index < -0.39 is 6.04 Å². The summed E-state index contributed by atoms with van der Waals surface area (Å²) in [6.45, 7) is 0.479. The van der Waals surface area contributed by atoms with Gasteiger partial charge in [0.25, 0.3) is 5.91 Å². The number of nitrogens with one attached hydrogen (secondary N) is 1. The Bertz CT molecular complexity index is 1400. The van der Waals surface area contributed by atoms with E-state index >= 15 is 0 Å². The van der Waals surface area contributed by atoms with Crippen LogP contribution in [-0.4, -0.2) is 54.0 Å². The molecular weight excluding hydrogens is 458 g/mol. The second-order valence-corrected chi connectivity index (χ2v) is 8.49. The van der Waals surface area contributed by atoms with Gasteiger partial charge in [-0.25, -0.2) is 0 Å². The van der Waals surface area contributed by atoms with Crippen molar-refractivity contribution >= 4 is 5.91 Å². The Kier molecular flexibility index (Phi) is 6.25. The number of benzene rings is 3. The predicted octanol–water partition coefficient (Wildman–Crippen LogP) is 4.60. The maximum Gasteiger partial charge on any atom is 0.273 e. The molecule has 0 spiro atoms. The molecule has 4 aromatic rings. The van der Waals surface area contributed by atoms with E-state index in [9.17, 15) is 9.90 Å².